The monoisotopic (exact) mass is 158 g/mol. The highest BCUT2D eigenvalue weighted by atomic mass is 28.2. The lowest BCUT2D eigenvalue weighted by Gasteiger charge is -1.99. The summed E-state index contributed by atoms with van der Waals surface area (Å²) in [5.74, 6) is 0. The highest BCUT2D eigenvalue weighted by Gasteiger charge is 1.87. The van der Waals surface area contributed by atoms with Crippen molar-refractivity contribution >= 4 is 10.5 Å². The normalized spacial score (nSPS) is 9.80. The van der Waals surface area contributed by atoms with Crippen molar-refractivity contribution in [2.24, 2.45) is 0 Å². The quantitative estimate of drug-likeness (QED) is 0.334. The Balaban J connectivity index is 3.43. The third kappa shape index (κ3) is 4.76. The van der Waals surface area contributed by atoms with Crippen molar-refractivity contribution in [1.29, 1.82) is 0 Å². The summed E-state index contributed by atoms with van der Waals surface area (Å²) in [5.41, 5.74) is 1.55. The number of allylic oxidation sites excluding steroid dienone is 1. The van der Waals surface area contributed by atoms with Crippen LogP contribution < -0.4 is 0 Å². The highest BCUT2D eigenvalue weighted by Crippen LogP contribution is 2.05. The molecule has 0 rings (SSSR count). The number of hydrogen-bond acceptors (Lipinski definition) is 1. The van der Waals surface area contributed by atoms with Crippen LogP contribution >= 0.6 is 0 Å². The largest absolute Gasteiger partial charge is 0.428 e. The van der Waals surface area contributed by atoms with Gasteiger partial charge >= 0.3 is 0 Å². The van der Waals surface area contributed by atoms with Gasteiger partial charge in [0.1, 0.15) is 10.5 Å². The van der Waals surface area contributed by atoms with Gasteiger partial charge < -0.3 is 4.43 Å². The minimum Gasteiger partial charge on any atom is -0.428 e. The summed E-state index contributed by atoms with van der Waals surface area (Å²) in [4.78, 5) is 0. The highest BCUT2D eigenvalue weighted by molar-refractivity contribution is 5.97. The minimum atomic E-state index is 0.873. The fraction of sp³-hybridized carbons (Fsp3) is 0.750. The van der Waals surface area contributed by atoms with Crippen LogP contribution in [0, 0.1) is 0 Å². The summed E-state index contributed by atoms with van der Waals surface area (Å²) in [5, 5.41) is 0. The summed E-state index contributed by atoms with van der Waals surface area (Å²) in [6.07, 6.45) is 5.79. The Kier molecular flexibility index (Phi) is 6.97. The maximum absolute atomic E-state index is 5.08. The van der Waals surface area contributed by atoms with Crippen LogP contribution in [0.4, 0.5) is 0 Å². The van der Waals surface area contributed by atoms with Crippen molar-refractivity contribution in [2.45, 2.75) is 33.1 Å². The second-order valence-electron chi connectivity index (χ2n) is 2.35. The summed E-state index contributed by atoms with van der Waals surface area (Å²) < 4.78 is 5.08. The molecule has 2 heteroatoms. The van der Waals surface area contributed by atoms with Crippen molar-refractivity contribution in [1.82, 2.24) is 0 Å². The average molecular weight is 158 g/mol. The molecule has 0 bridgehead atoms. The molecule has 0 unspecified atom stereocenters. The Morgan fingerprint density at radius 1 is 1.40 bits per heavy atom. The van der Waals surface area contributed by atoms with Crippen molar-refractivity contribution < 1.29 is 4.43 Å². The molecule has 0 fully saturated rings. The van der Waals surface area contributed by atoms with Gasteiger partial charge in [0.15, 0.2) is 0 Å². The first-order chi connectivity index (χ1) is 4.85. The van der Waals surface area contributed by atoms with Crippen LogP contribution in [0.15, 0.2) is 11.6 Å². The van der Waals surface area contributed by atoms with Gasteiger partial charge in [-0.2, -0.15) is 0 Å². The Morgan fingerprint density at radius 3 is 2.40 bits per heavy atom. The third-order valence-corrected chi connectivity index (χ3v) is 2.07. The molecule has 0 N–H and O–H groups in total. The predicted octanol–water partition coefficient (Wildman–Crippen LogP) is 1.42. The molecule has 0 heterocycles. The van der Waals surface area contributed by atoms with Gasteiger partial charge in [-0.25, -0.2) is 0 Å². The van der Waals surface area contributed by atoms with Crippen molar-refractivity contribution in [3.05, 3.63) is 11.6 Å². The first-order valence-electron chi connectivity index (χ1n) is 4.02. The van der Waals surface area contributed by atoms with E-state index in [9.17, 15) is 0 Å². The molecule has 1 nitrogen and oxygen atoms in total. The third-order valence-electron chi connectivity index (χ3n) is 1.66. The molecule has 0 saturated heterocycles. The maximum Gasteiger partial charge on any atom is 0.145 e. The van der Waals surface area contributed by atoms with E-state index in [0.29, 0.717) is 0 Å². The van der Waals surface area contributed by atoms with Gasteiger partial charge in [-0.3, -0.25) is 0 Å². The van der Waals surface area contributed by atoms with E-state index in [-0.39, 0.29) is 0 Å². The molecule has 0 aliphatic rings. The van der Waals surface area contributed by atoms with Crippen LogP contribution in [-0.4, -0.2) is 17.1 Å². The molecule has 0 amide bonds. The second kappa shape index (κ2) is 7.03. The number of hydrogen-bond donors (Lipinski definition) is 0. The number of rotatable bonds is 5. The van der Waals surface area contributed by atoms with Gasteiger partial charge in [0.25, 0.3) is 0 Å². The lowest BCUT2D eigenvalue weighted by atomic mass is 10.1. The standard InChI is InChI=1S/C8H18OSi/c1-3-8(4-2)6-5-7-9-10/h6H,3-5,7H2,1-2,10H3. The average Bonchev–Trinajstić information content (AvgIpc) is 1.99. The SMILES string of the molecule is CCC(=CCCO[SiH3])CC. The molecule has 60 valence electrons. The Bertz CT molecular complexity index is 93.4. The van der Waals surface area contributed by atoms with E-state index in [4.69, 9.17) is 4.43 Å². The van der Waals surface area contributed by atoms with Gasteiger partial charge in [-0.05, 0) is 19.3 Å². The summed E-state index contributed by atoms with van der Waals surface area (Å²) >= 11 is 0. The molecule has 0 aromatic carbocycles. The molecule has 0 aromatic heterocycles. The molecular formula is C8H18OSi. The molecular weight excluding hydrogens is 140 g/mol. The van der Waals surface area contributed by atoms with Crippen LogP contribution in [0.1, 0.15) is 33.1 Å². The first kappa shape index (κ1) is 9.92. The zero-order chi connectivity index (χ0) is 7.82. The molecule has 0 aromatic rings. The van der Waals surface area contributed by atoms with E-state index in [1.54, 1.807) is 5.57 Å². The molecule has 0 saturated carbocycles. The molecule has 0 atom stereocenters. The van der Waals surface area contributed by atoms with E-state index in [1.165, 1.54) is 12.8 Å². The van der Waals surface area contributed by atoms with Gasteiger partial charge in [0.05, 0.1) is 0 Å². The first-order valence-corrected chi connectivity index (χ1v) is 4.83. The smallest absolute Gasteiger partial charge is 0.145 e. The predicted molar refractivity (Wildman–Crippen MR) is 49.2 cm³/mol. The fourth-order valence-electron chi connectivity index (χ4n) is 0.920. The van der Waals surface area contributed by atoms with E-state index >= 15 is 0 Å². The van der Waals surface area contributed by atoms with E-state index in [0.717, 1.165) is 23.5 Å². The molecule has 0 radical (unpaired) electrons. The van der Waals surface area contributed by atoms with Crippen LogP contribution in [0.3, 0.4) is 0 Å². The zero-order valence-corrected chi connectivity index (χ0v) is 9.31. The molecule has 0 aliphatic heterocycles. The maximum atomic E-state index is 5.08. The lowest BCUT2D eigenvalue weighted by molar-refractivity contribution is 0.357. The van der Waals surface area contributed by atoms with Crippen molar-refractivity contribution in [3.8, 4) is 0 Å². The molecule has 10 heavy (non-hydrogen) atoms. The van der Waals surface area contributed by atoms with Crippen LogP contribution in [-0.2, 0) is 4.43 Å². The Morgan fingerprint density at radius 2 is 2.00 bits per heavy atom. The fourth-order valence-corrected chi connectivity index (χ4v) is 1.16. The molecule has 0 spiro atoms. The van der Waals surface area contributed by atoms with Gasteiger partial charge in [-0.1, -0.05) is 25.5 Å². The van der Waals surface area contributed by atoms with Crippen LogP contribution in [0.2, 0.25) is 0 Å². The van der Waals surface area contributed by atoms with Crippen molar-refractivity contribution in [2.75, 3.05) is 6.61 Å². The van der Waals surface area contributed by atoms with Gasteiger partial charge in [0.2, 0.25) is 0 Å². The Labute approximate surface area is 67.0 Å². The molecule has 0 aliphatic carbocycles. The van der Waals surface area contributed by atoms with E-state index in [1.807, 2.05) is 0 Å². The van der Waals surface area contributed by atoms with Crippen LogP contribution in [0.5, 0.6) is 0 Å². The topological polar surface area (TPSA) is 9.23 Å². The van der Waals surface area contributed by atoms with Gasteiger partial charge in [0, 0.05) is 6.61 Å². The zero-order valence-electron chi connectivity index (χ0n) is 7.31. The van der Waals surface area contributed by atoms with Crippen LogP contribution in [0.25, 0.3) is 0 Å². The summed E-state index contributed by atoms with van der Waals surface area (Å²) in [6, 6.07) is 0. The lowest BCUT2D eigenvalue weighted by Crippen LogP contribution is -1.87. The summed E-state index contributed by atoms with van der Waals surface area (Å²) in [7, 11) is 0.873. The van der Waals surface area contributed by atoms with Gasteiger partial charge in [-0.15, -0.1) is 0 Å². The van der Waals surface area contributed by atoms with E-state index < -0.39 is 0 Å². The second-order valence-corrected chi connectivity index (χ2v) is 2.93. The minimum absolute atomic E-state index is 0.873. The Hall–Kier alpha value is -0.0831. The van der Waals surface area contributed by atoms with E-state index in [2.05, 4.69) is 19.9 Å². The van der Waals surface area contributed by atoms with Crippen molar-refractivity contribution in [3.63, 3.8) is 0 Å². The summed E-state index contributed by atoms with van der Waals surface area (Å²) in [6.45, 7) is 5.32.